The Hall–Kier alpha value is -1.35. The summed E-state index contributed by atoms with van der Waals surface area (Å²) in [6.45, 7) is 3.06. The molecule has 0 aliphatic heterocycles. The van der Waals surface area contributed by atoms with Gasteiger partial charge in [-0.1, -0.05) is 29.8 Å². The molecule has 0 amide bonds. The van der Waals surface area contributed by atoms with Crippen LogP contribution in [0.1, 0.15) is 24.0 Å². The monoisotopic (exact) mass is 248 g/mol. The molecule has 0 bridgehead atoms. The van der Waals surface area contributed by atoms with Crippen LogP contribution >= 0.6 is 0 Å². The van der Waals surface area contributed by atoms with Crippen LogP contribution in [0.15, 0.2) is 24.3 Å². The Morgan fingerprint density at radius 1 is 1.50 bits per heavy atom. The van der Waals surface area contributed by atoms with Crippen molar-refractivity contribution in [2.45, 2.75) is 26.2 Å². The lowest BCUT2D eigenvalue weighted by Gasteiger charge is -2.13. The Balaban J connectivity index is 1.86. The van der Waals surface area contributed by atoms with Crippen LogP contribution in [0.3, 0.4) is 0 Å². The van der Waals surface area contributed by atoms with Crippen molar-refractivity contribution in [3.63, 3.8) is 0 Å². The first kappa shape index (κ1) is 13.1. The number of carboxylic acids is 1. The van der Waals surface area contributed by atoms with E-state index < -0.39 is 11.9 Å². The van der Waals surface area contributed by atoms with Crippen LogP contribution in [-0.4, -0.2) is 24.3 Å². The summed E-state index contributed by atoms with van der Waals surface area (Å²) in [5, 5.41) is 9.20. The van der Waals surface area contributed by atoms with Crippen molar-refractivity contribution >= 4 is 5.97 Å². The number of hydrogen-bond acceptors (Lipinski definition) is 2. The Morgan fingerprint density at radius 3 is 2.89 bits per heavy atom. The summed E-state index contributed by atoms with van der Waals surface area (Å²) in [7, 11) is 0. The van der Waals surface area contributed by atoms with Crippen LogP contribution in [-0.2, 0) is 16.0 Å². The van der Waals surface area contributed by atoms with Crippen molar-refractivity contribution in [2.75, 3.05) is 13.2 Å². The van der Waals surface area contributed by atoms with Gasteiger partial charge in [-0.3, -0.25) is 4.79 Å². The van der Waals surface area contributed by atoms with E-state index in [9.17, 15) is 9.90 Å². The van der Waals surface area contributed by atoms with Crippen molar-refractivity contribution in [3.8, 4) is 0 Å². The largest absolute Gasteiger partial charge is 0.481 e. The molecule has 1 fully saturated rings. The topological polar surface area (TPSA) is 46.5 Å². The molecule has 1 saturated carbocycles. The van der Waals surface area contributed by atoms with E-state index in [2.05, 4.69) is 0 Å². The lowest BCUT2D eigenvalue weighted by atomic mass is 9.99. The first-order valence-electron chi connectivity index (χ1n) is 6.51. The van der Waals surface area contributed by atoms with Crippen molar-refractivity contribution in [3.05, 3.63) is 35.4 Å². The van der Waals surface area contributed by atoms with Crippen molar-refractivity contribution < 1.29 is 14.6 Å². The van der Waals surface area contributed by atoms with Gasteiger partial charge in [0.1, 0.15) is 0 Å². The highest BCUT2D eigenvalue weighted by Crippen LogP contribution is 2.29. The molecule has 0 radical (unpaired) electrons. The Morgan fingerprint density at radius 2 is 2.28 bits per heavy atom. The van der Waals surface area contributed by atoms with Gasteiger partial charge in [0.25, 0.3) is 0 Å². The van der Waals surface area contributed by atoms with E-state index in [-0.39, 0.29) is 0 Å². The number of hydrogen-bond donors (Lipinski definition) is 1. The second-order valence-electron chi connectivity index (χ2n) is 5.21. The summed E-state index contributed by atoms with van der Waals surface area (Å²) in [5.74, 6) is -0.531. The van der Waals surface area contributed by atoms with Gasteiger partial charge in [-0.15, -0.1) is 0 Å². The van der Waals surface area contributed by atoms with E-state index in [1.807, 2.05) is 31.2 Å². The zero-order valence-electron chi connectivity index (χ0n) is 10.8. The molecular weight excluding hydrogens is 228 g/mol. The first-order valence-corrected chi connectivity index (χ1v) is 6.51. The summed E-state index contributed by atoms with van der Waals surface area (Å²) in [6.07, 6.45) is 3.01. The Bertz CT molecular complexity index is 410. The Labute approximate surface area is 108 Å². The second-order valence-corrected chi connectivity index (χ2v) is 5.21. The van der Waals surface area contributed by atoms with Crippen LogP contribution in [0.25, 0.3) is 0 Å². The molecule has 0 aromatic heterocycles. The molecule has 2 rings (SSSR count). The second kappa shape index (κ2) is 6.01. The van der Waals surface area contributed by atoms with E-state index in [1.165, 1.54) is 12.8 Å². The third-order valence-electron chi connectivity index (χ3n) is 3.28. The molecule has 3 heteroatoms. The summed E-state index contributed by atoms with van der Waals surface area (Å²) in [6, 6.07) is 8.00. The van der Waals surface area contributed by atoms with E-state index in [0.717, 1.165) is 17.7 Å². The Kier molecular flexibility index (Phi) is 4.37. The molecule has 1 aliphatic carbocycles. The average molecular weight is 248 g/mol. The molecule has 1 unspecified atom stereocenters. The number of rotatable bonds is 7. The van der Waals surface area contributed by atoms with Gasteiger partial charge in [-0.2, -0.15) is 0 Å². The fraction of sp³-hybridized carbons (Fsp3) is 0.533. The summed E-state index contributed by atoms with van der Waals surface area (Å²) in [4.78, 5) is 11.2. The average Bonchev–Trinajstić information content (AvgIpc) is 3.11. The van der Waals surface area contributed by atoms with Gasteiger partial charge in [0, 0.05) is 6.61 Å². The third-order valence-corrected chi connectivity index (χ3v) is 3.28. The van der Waals surface area contributed by atoms with Crippen LogP contribution in [0.5, 0.6) is 0 Å². The smallest absolute Gasteiger partial charge is 0.309 e. The number of carboxylic acid groups (broad SMARTS) is 1. The van der Waals surface area contributed by atoms with Crippen molar-refractivity contribution in [2.24, 2.45) is 11.8 Å². The molecule has 0 spiro atoms. The fourth-order valence-electron chi connectivity index (χ4n) is 2.00. The molecule has 18 heavy (non-hydrogen) atoms. The maximum atomic E-state index is 11.2. The highest BCUT2D eigenvalue weighted by atomic mass is 16.5. The lowest BCUT2D eigenvalue weighted by Crippen LogP contribution is -2.22. The first-order chi connectivity index (χ1) is 8.65. The highest BCUT2D eigenvalue weighted by Gasteiger charge is 2.23. The third kappa shape index (κ3) is 4.15. The van der Waals surface area contributed by atoms with Gasteiger partial charge in [-0.25, -0.2) is 0 Å². The van der Waals surface area contributed by atoms with Crippen LogP contribution < -0.4 is 0 Å². The standard InChI is InChI=1S/C15H20O3/c1-11-3-2-4-13(7-11)8-14(15(16)17)10-18-9-12-5-6-12/h2-4,7,12,14H,5-6,8-10H2,1H3,(H,16,17). The minimum atomic E-state index is -0.771. The summed E-state index contributed by atoms with van der Waals surface area (Å²) < 4.78 is 5.50. The van der Waals surface area contributed by atoms with Crippen molar-refractivity contribution in [1.29, 1.82) is 0 Å². The van der Waals surface area contributed by atoms with Crippen molar-refractivity contribution in [1.82, 2.24) is 0 Å². The number of aryl methyl sites for hydroxylation is 1. The van der Waals surface area contributed by atoms with Crippen LogP contribution in [0, 0.1) is 18.8 Å². The zero-order valence-corrected chi connectivity index (χ0v) is 10.8. The van der Waals surface area contributed by atoms with E-state index >= 15 is 0 Å². The molecule has 1 aliphatic rings. The molecule has 98 valence electrons. The molecule has 3 nitrogen and oxygen atoms in total. The quantitative estimate of drug-likeness (QED) is 0.807. The predicted octanol–water partition coefficient (Wildman–Crippen LogP) is 2.66. The van der Waals surface area contributed by atoms with Gasteiger partial charge in [-0.05, 0) is 37.7 Å². The predicted molar refractivity (Wildman–Crippen MR) is 69.6 cm³/mol. The lowest BCUT2D eigenvalue weighted by molar-refractivity contribution is -0.143. The molecule has 1 N–H and O–H groups in total. The molecule has 1 aromatic carbocycles. The van der Waals surface area contributed by atoms with Crippen LogP contribution in [0.4, 0.5) is 0 Å². The highest BCUT2D eigenvalue weighted by molar-refractivity contribution is 5.70. The van der Waals surface area contributed by atoms with Gasteiger partial charge in [0.2, 0.25) is 0 Å². The van der Waals surface area contributed by atoms with Crippen LogP contribution in [0.2, 0.25) is 0 Å². The molecular formula is C15H20O3. The summed E-state index contributed by atoms with van der Waals surface area (Å²) >= 11 is 0. The van der Waals surface area contributed by atoms with Gasteiger partial charge < -0.3 is 9.84 Å². The molecule has 1 aromatic rings. The molecule has 1 atom stereocenters. The fourth-order valence-corrected chi connectivity index (χ4v) is 2.00. The summed E-state index contributed by atoms with van der Waals surface area (Å²) in [5.41, 5.74) is 2.23. The minimum Gasteiger partial charge on any atom is -0.481 e. The maximum absolute atomic E-state index is 11.2. The van der Waals surface area contributed by atoms with E-state index in [1.54, 1.807) is 0 Å². The maximum Gasteiger partial charge on any atom is 0.309 e. The SMILES string of the molecule is Cc1cccc(CC(COCC2CC2)C(=O)O)c1. The zero-order chi connectivity index (χ0) is 13.0. The van der Waals surface area contributed by atoms with Gasteiger partial charge in [0.15, 0.2) is 0 Å². The number of aliphatic carboxylic acids is 1. The molecule has 0 heterocycles. The van der Waals surface area contributed by atoms with E-state index in [0.29, 0.717) is 18.9 Å². The van der Waals surface area contributed by atoms with E-state index in [4.69, 9.17) is 4.74 Å². The minimum absolute atomic E-state index is 0.319. The normalized spacial score (nSPS) is 16.5. The van der Waals surface area contributed by atoms with Gasteiger partial charge >= 0.3 is 5.97 Å². The number of ether oxygens (including phenoxy) is 1. The molecule has 0 saturated heterocycles. The number of benzene rings is 1. The van der Waals surface area contributed by atoms with Gasteiger partial charge in [0.05, 0.1) is 12.5 Å². The number of carbonyl (C=O) groups is 1.